The normalized spacial score (nSPS) is 20.6. The summed E-state index contributed by atoms with van der Waals surface area (Å²) in [4.78, 5) is 0. The lowest BCUT2D eigenvalue weighted by atomic mass is 10.1. The third kappa shape index (κ3) is 3.05. The fourth-order valence-corrected chi connectivity index (χ4v) is 3.10. The number of nitrogens with two attached hydrogens (primary N) is 1. The SMILES string of the molecule is CC(N)Cc1ccc2c(ccn2CCC2CCCO2)c1. The van der Waals surface area contributed by atoms with E-state index in [-0.39, 0.29) is 6.04 Å². The van der Waals surface area contributed by atoms with Crippen LogP contribution in [0.1, 0.15) is 31.7 Å². The van der Waals surface area contributed by atoms with Crippen LogP contribution in [-0.2, 0) is 17.7 Å². The summed E-state index contributed by atoms with van der Waals surface area (Å²) in [6, 6.07) is 9.11. The van der Waals surface area contributed by atoms with E-state index in [1.54, 1.807) is 0 Å². The zero-order chi connectivity index (χ0) is 13.9. The van der Waals surface area contributed by atoms with Crippen LogP contribution < -0.4 is 5.73 Å². The van der Waals surface area contributed by atoms with Gasteiger partial charge in [0.1, 0.15) is 0 Å². The molecule has 1 aromatic heterocycles. The number of ether oxygens (including phenoxy) is 1. The minimum Gasteiger partial charge on any atom is -0.378 e. The molecule has 0 saturated carbocycles. The van der Waals surface area contributed by atoms with E-state index in [1.807, 2.05) is 0 Å². The molecule has 3 nitrogen and oxygen atoms in total. The Morgan fingerprint density at radius 1 is 1.40 bits per heavy atom. The highest BCUT2D eigenvalue weighted by molar-refractivity contribution is 5.80. The van der Waals surface area contributed by atoms with Crippen molar-refractivity contribution < 1.29 is 4.74 Å². The van der Waals surface area contributed by atoms with Gasteiger partial charge >= 0.3 is 0 Å². The quantitative estimate of drug-likeness (QED) is 0.908. The van der Waals surface area contributed by atoms with E-state index in [0.29, 0.717) is 6.10 Å². The van der Waals surface area contributed by atoms with Gasteiger partial charge in [-0.3, -0.25) is 0 Å². The molecule has 1 fully saturated rings. The number of rotatable bonds is 5. The Hall–Kier alpha value is -1.32. The van der Waals surface area contributed by atoms with Crippen molar-refractivity contribution in [1.82, 2.24) is 4.57 Å². The van der Waals surface area contributed by atoms with Crippen LogP contribution in [0, 0.1) is 0 Å². The van der Waals surface area contributed by atoms with Gasteiger partial charge < -0.3 is 15.0 Å². The highest BCUT2D eigenvalue weighted by atomic mass is 16.5. The Kier molecular flexibility index (Phi) is 4.08. The summed E-state index contributed by atoms with van der Waals surface area (Å²) in [5.74, 6) is 0. The lowest BCUT2D eigenvalue weighted by Gasteiger charge is -2.11. The fourth-order valence-electron chi connectivity index (χ4n) is 3.10. The summed E-state index contributed by atoms with van der Waals surface area (Å²) in [6.07, 6.45) is 7.15. The van der Waals surface area contributed by atoms with Gasteiger partial charge in [0, 0.05) is 30.9 Å². The molecule has 1 aromatic carbocycles. The van der Waals surface area contributed by atoms with Gasteiger partial charge in [0.05, 0.1) is 6.10 Å². The van der Waals surface area contributed by atoms with Crippen LogP contribution >= 0.6 is 0 Å². The summed E-state index contributed by atoms with van der Waals surface area (Å²) < 4.78 is 8.04. The molecule has 20 heavy (non-hydrogen) atoms. The first-order valence-electron chi connectivity index (χ1n) is 7.67. The molecule has 1 saturated heterocycles. The van der Waals surface area contributed by atoms with Gasteiger partial charge in [-0.05, 0) is 61.8 Å². The molecule has 0 aliphatic carbocycles. The average molecular weight is 272 g/mol. The Morgan fingerprint density at radius 2 is 2.30 bits per heavy atom. The van der Waals surface area contributed by atoms with Crippen molar-refractivity contribution in [2.75, 3.05) is 6.61 Å². The Bertz CT molecular complexity index is 567. The lowest BCUT2D eigenvalue weighted by Crippen LogP contribution is -2.17. The second-order valence-electron chi connectivity index (χ2n) is 6.01. The van der Waals surface area contributed by atoms with Crippen LogP contribution in [0.5, 0.6) is 0 Å². The molecular formula is C17H24N2O. The second kappa shape index (κ2) is 5.98. The van der Waals surface area contributed by atoms with Gasteiger partial charge in [-0.25, -0.2) is 0 Å². The van der Waals surface area contributed by atoms with Crippen molar-refractivity contribution in [3.63, 3.8) is 0 Å². The van der Waals surface area contributed by atoms with Crippen molar-refractivity contribution in [2.24, 2.45) is 5.73 Å². The summed E-state index contributed by atoms with van der Waals surface area (Å²) >= 11 is 0. The first kappa shape index (κ1) is 13.7. The number of fused-ring (bicyclic) bond motifs is 1. The van der Waals surface area contributed by atoms with E-state index >= 15 is 0 Å². The predicted molar refractivity (Wildman–Crippen MR) is 82.9 cm³/mol. The van der Waals surface area contributed by atoms with Crippen LogP contribution in [0.4, 0.5) is 0 Å². The van der Waals surface area contributed by atoms with Crippen LogP contribution in [0.15, 0.2) is 30.5 Å². The predicted octanol–water partition coefficient (Wildman–Crippen LogP) is 3.10. The molecule has 108 valence electrons. The molecule has 1 aliphatic heterocycles. The third-order valence-corrected chi connectivity index (χ3v) is 4.11. The molecule has 3 heteroatoms. The summed E-state index contributed by atoms with van der Waals surface area (Å²) in [6.45, 7) is 4.04. The molecule has 2 aromatic rings. The Balaban J connectivity index is 1.72. The molecule has 1 aliphatic rings. The molecule has 0 radical (unpaired) electrons. The van der Waals surface area contributed by atoms with E-state index in [1.165, 1.54) is 29.3 Å². The maximum atomic E-state index is 5.87. The van der Waals surface area contributed by atoms with Gasteiger partial charge in [0.15, 0.2) is 0 Å². The average Bonchev–Trinajstić information content (AvgIpc) is 3.04. The summed E-state index contributed by atoms with van der Waals surface area (Å²) in [7, 11) is 0. The number of aryl methyl sites for hydroxylation is 1. The summed E-state index contributed by atoms with van der Waals surface area (Å²) in [5.41, 5.74) is 8.51. The number of nitrogens with zero attached hydrogens (tertiary/aromatic N) is 1. The Labute approximate surface area is 120 Å². The Morgan fingerprint density at radius 3 is 3.05 bits per heavy atom. The first-order chi connectivity index (χ1) is 9.72. The first-order valence-corrected chi connectivity index (χ1v) is 7.67. The molecule has 3 rings (SSSR count). The van der Waals surface area contributed by atoms with E-state index < -0.39 is 0 Å². The number of hydrogen-bond acceptors (Lipinski definition) is 2. The smallest absolute Gasteiger partial charge is 0.0593 e. The molecule has 2 N–H and O–H groups in total. The topological polar surface area (TPSA) is 40.2 Å². The van der Waals surface area contributed by atoms with Gasteiger partial charge in [0.25, 0.3) is 0 Å². The van der Waals surface area contributed by atoms with Crippen molar-refractivity contribution >= 4 is 10.9 Å². The number of benzene rings is 1. The monoisotopic (exact) mass is 272 g/mol. The highest BCUT2D eigenvalue weighted by Crippen LogP contribution is 2.21. The van der Waals surface area contributed by atoms with Crippen LogP contribution in [0.3, 0.4) is 0 Å². The zero-order valence-corrected chi connectivity index (χ0v) is 12.2. The number of hydrogen-bond donors (Lipinski definition) is 1. The van der Waals surface area contributed by atoms with Gasteiger partial charge in [-0.1, -0.05) is 6.07 Å². The lowest BCUT2D eigenvalue weighted by molar-refractivity contribution is 0.101. The van der Waals surface area contributed by atoms with E-state index in [4.69, 9.17) is 10.5 Å². The fraction of sp³-hybridized carbons (Fsp3) is 0.529. The minimum absolute atomic E-state index is 0.217. The molecule has 2 heterocycles. The summed E-state index contributed by atoms with van der Waals surface area (Å²) in [5, 5.41) is 1.32. The van der Waals surface area contributed by atoms with E-state index in [0.717, 1.165) is 26.0 Å². The molecular weight excluding hydrogens is 248 g/mol. The van der Waals surface area contributed by atoms with Gasteiger partial charge in [0.2, 0.25) is 0 Å². The highest BCUT2D eigenvalue weighted by Gasteiger charge is 2.15. The van der Waals surface area contributed by atoms with Crippen LogP contribution in [0.2, 0.25) is 0 Å². The molecule has 0 amide bonds. The maximum Gasteiger partial charge on any atom is 0.0593 e. The standard InChI is InChI=1S/C17H24N2O/c1-13(18)11-14-4-5-17-15(12-14)6-8-19(17)9-7-16-3-2-10-20-16/h4-6,8,12-13,16H,2-3,7,9-11,18H2,1H3. The number of aromatic nitrogens is 1. The molecule has 2 atom stereocenters. The van der Waals surface area contributed by atoms with Crippen molar-refractivity contribution in [3.8, 4) is 0 Å². The third-order valence-electron chi connectivity index (χ3n) is 4.11. The molecule has 2 unspecified atom stereocenters. The van der Waals surface area contributed by atoms with Crippen LogP contribution in [0.25, 0.3) is 10.9 Å². The zero-order valence-electron chi connectivity index (χ0n) is 12.2. The minimum atomic E-state index is 0.217. The van der Waals surface area contributed by atoms with E-state index in [2.05, 4.69) is 42.0 Å². The van der Waals surface area contributed by atoms with Gasteiger partial charge in [-0.15, -0.1) is 0 Å². The van der Waals surface area contributed by atoms with Crippen molar-refractivity contribution in [3.05, 3.63) is 36.0 Å². The molecule has 0 bridgehead atoms. The second-order valence-corrected chi connectivity index (χ2v) is 6.01. The van der Waals surface area contributed by atoms with Crippen molar-refractivity contribution in [2.45, 2.75) is 51.3 Å². The van der Waals surface area contributed by atoms with Gasteiger partial charge in [-0.2, -0.15) is 0 Å². The molecule has 0 spiro atoms. The maximum absolute atomic E-state index is 5.87. The van der Waals surface area contributed by atoms with E-state index in [9.17, 15) is 0 Å². The van der Waals surface area contributed by atoms with Crippen LogP contribution in [-0.4, -0.2) is 23.3 Å². The van der Waals surface area contributed by atoms with Crippen molar-refractivity contribution in [1.29, 1.82) is 0 Å². The largest absolute Gasteiger partial charge is 0.378 e.